The van der Waals surface area contributed by atoms with Gasteiger partial charge in [-0.25, -0.2) is 0 Å². The maximum atomic E-state index is 12.7. The largest absolute Gasteiger partial charge is 0.339 e. The molecule has 1 atom stereocenters. The molecule has 2 aliphatic rings. The van der Waals surface area contributed by atoms with E-state index in [0.717, 1.165) is 35.0 Å². The maximum absolute atomic E-state index is 12.7. The number of amides is 2. The Kier molecular flexibility index (Phi) is 4.15. The zero-order chi connectivity index (χ0) is 17.4. The molecule has 1 aliphatic carbocycles. The molecule has 5 heteroatoms. The van der Waals surface area contributed by atoms with E-state index in [-0.39, 0.29) is 17.7 Å². The molecule has 1 saturated carbocycles. The summed E-state index contributed by atoms with van der Waals surface area (Å²) in [6.45, 7) is 2.56. The van der Waals surface area contributed by atoms with Gasteiger partial charge < -0.3 is 10.2 Å². The summed E-state index contributed by atoms with van der Waals surface area (Å²) in [5.41, 5.74) is 2.75. The molecule has 1 unspecified atom stereocenters. The minimum Gasteiger partial charge on any atom is -0.339 e. The Labute approximate surface area is 147 Å². The van der Waals surface area contributed by atoms with E-state index < -0.39 is 0 Å². The molecule has 2 amide bonds. The van der Waals surface area contributed by atoms with Crippen LogP contribution in [0, 0.1) is 12.8 Å². The summed E-state index contributed by atoms with van der Waals surface area (Å²) in [5.74, 6) is -0.202. The van der Waals surface area contributed by atoms with Gasteiger partial charge in [0.2, 0.25) is 11.8 Å². The lowest BCUT2D eigenvalue weighted by atomic mass is 10.1. The highest BCUT2D eigenvalue weighted by molar-refractivity contribution is 6.04. The lowest BCUT2D eigenvalue weighted by molar-refractivity contribution is -0.129. The van der Waals surface area contributed by atoms with Crippen molar-refractivity contribution in [2.75, 3.05) is 11.9 Å². The number of aryl methyl sites for hydroxylation is 1. The minimum absolute atomic E-state index is 0.0668. The van der Waals surface area contributed by atoms with Crippen molar-refractivity contribution in [3.8, 4) is 0 Å². The highest BCUT2D eigenvalue weighted by Gasteiger charge is 2.38. The predicted octanol–water partition coefficient (Wildman–Crippen LogP) is 3.27. The first-order chi connectivity index (χ1) is 12.1. The first kappa shape index (κ1) is 16.1. The summed E-state index contributed by atoms with van der Waals surface area (Å²) < 4.78 is 0. The van der Waals surface area contributed by atoms with Gasteiger partial charge in [-0.3, -0.25) is 14.6 Å². The molecule has 2 heterocycles. The van der Waals surface area contributed by atoms with Crippen molar-refractivity contribution in [3.63, 3.8) is 0 Å². The molecule has 0 radical (unpaired) electrons. The average Bonchev–Trinajstić information content (AvgIpc) is 3.27. The minimum atomic E-state index is -0.263. The number of carbonyl (C=O) groups is 2. The Morgan fingerprint density at radius 3 is 2.84 bits per heavy atom. The molecule has 25 heavy (non-hydrogen) atoms. The number of nitrogens with one attached hydrogen (secondary N) is 1. The summed E-state index contributed by atoms with van der Waals surface area (Å²) >= 11 is 0. The van der Waals surface area contributed by atoms with E-state index >= 15 is 0 Å². The average molecular weight is 337 g/mol. The van der Waals surface area contributed by atoms with Crippen molar-refractivity contribution < 1.29 is 9.59 Å². The van der Waals surface area contributed by atoms with Crippen LogP contribution in [-0.2, 0) is 9.59 Å². The van der Waals surface area contributed by atoms with E-state index in [1.54, 1.807) is 6.20 Å². The third-order valence-electron chi connectivity index (χ3n) is 5.52. The zero-order valence-electron chi connectivity index (χ0n) is 14.5. The molecule has 2 fully saturated rings. The first-order valence-electron chi connectivity index (χ1n) is 9.08. The van der Waals surface area contributed by atoms with E-state index in [9.17, 15) is 9.59 Å². The molecule has 130 valence electrons. The monoisotopic (exact) mass is 337 g/mol. The topological polar surface area (TPSA) is 62.3 Å². The second-order valence-electron chi connectivity index (χ2n) is 7.20. The predicted molar refractivity (Wildman–Crippen MR) is 97.2 cm³/mol. The van der Waals surface area contributed by atoms with Crippen LogP contribution in [-0.4, -0.2) is 34.3 Å². The summed E-state index contributed by atoms with van der Waals surface area (Å²) in [6, 6.07) is 8.07. The number of fused-ring (bicyclic) bond motifs is 1. The number of rotatable bonds is 3. The van der Waals surface area contributed by atoms with E-state index in [2.05, 4.69) is 10.3 Å². The van der Waals surface area contributed by atoms with Gasteiger partial charge in [0.15, 0.2) is 0 Å². The van der Waals surface area contributed by atoms with Crippen LogP contribution in [0.15, 0.2) is 30.5 Å². The third-order valence-corrected chi connectivity index (χ3v) is 5.52. The molecule has 5 nitrogen and oxygen atoms in total. The zero-order valence-corrected chi connectivity index (χ0v) is 14.5. The van der Waals surface area contributed by atoms with Gasteiger partial charge in [0.05, 0.1) is 17.1 Å². The number of carbonyl (C=O) groups excluding carboxylic acids is 2. The number of aromatic nitrogens is 1. The van der Waals surface area contributed by atoms with Crippen molar-refractivity contribution in [2.45, 2.75) is 45.1 Å². The van der Waals surface area contributed by atoms with Gasteiger partial charge in [0.25, 0.3) is 0 Å². The molecule has 0 spiro atoms. The summed E-state index contributed by atoms with van der Waals surface area (Å²) in [6.07, 6.45) is 6.62. The maximum Gasteiger partial charge on any atom is 0.229 e. The lowest BCUT2D eigenvalue weighted by Crippen LogP contribution is -2.35. The van der Waals surface area contributed by atoms with Crippen LogP contribution >= 0.6 is 0 Å². The van der Waals surface area contributed by atoms with Gasteiger partial charge >= 0.3 is 0 Å². The molecular weight excluding hydrogens is 314 g/mol. The molecule has 1 aliphatic heterocycles. The Morgan fingerprint density at radius 1 is 1.24 bits per heavy atom. The van der Waals surface area contributed by atoms with Crippen molar-refractivity contribution in [1.82, 2.24) is 9.88 Å². The lowest BCUT2D eigenvalue weighted by Gasteiger charge is -2.24. The number of pyridine rings is 1. The Hall–Kier alpha value is -2.43. The van der Waals surface area contributed by atoms with Crippen molar-refractivity contribution in [3.05, 3.63) is 36.0 Å². The third kappa shape index (κ3) is 2.99. The molecular formula is C20H23N3O2. The normalized spacial score (nSPS) is 21.2. The van der Waals surface area contributed by atoms with E-state index in [1.165, 1.54) is 12.8 Å². The van der Waals surface area contributed by atoms with Gasteiger partial charge in [-0.1, -0.05) is 18.9 Å². The molecule has 2 aromatic rings. The fourth-order valence-corrected chi connectivity index (χ4v) is 4.13. The van der Waals surface area contributed by atoms with Gasteiger partial charge in [0.1, 0.15) is 0 Å². The van der Waals surface area contributed by atoms with Crippen LogP contribution in [0.25, 0.3) is 10.9 Å². The van der Waals surface area contributed by atoms with E-state index in [1.807, 2.05) is 36.1 Å². The molecule has 1 N–H and O–H groups in total. The Balaban J connectivity index is 1.51. The van der Waals surface area contributed by atoms with Crippen LogP contribution in [0.1, 0.15) is 37.7 Å². The standard InChI is InChI=1S/C20H23N3O2/c1-13-8-9-17(16-7-4-10-21-19(13)16)22-20(25)14-11-18(24)23(12-14)15-5-2-3-6-15/h4,7-10,14-15H,2-3,5-6,11-12H2,1H3,(H,22,25). The van der Waals surface area contributed by atoms with Crippen LogP contribution < -0.4 is 5.32 Å². The van der Waals surface area contributed by atoms with Gasteiger partial charge in [-0.2, -0.15) is 0 Å². The second kappa shape index (κ2) is 6.47. The number of likely N-dealkylation sites (tertiary alicyclic amines) is 1. The Bertz CT molecular complexity index is 827. The molecule has 4 rings (SSSR count). The van der Waals surface area contributed by atoms with Crippen molar-refractivity contribution in [2.24, 2.45) is 5.92 Å². The SMILES string of the molecule is Cc1ccc(NC(=O)C2CC(=O)N(C3CCCC3)C2)c2cccnc12. The number of anilines is 1. The smallest absolute Gasteiger partial charge is 0.229 e. The second-order valence-corrected chi connectivity index (χ2v) is 7.20. The van der Waals surface area contributed by atoms with Crippen LogP contribution in [0.4, 0.5) is 5.69 Å². The molecule has 1 aromatic heterocycles. The highest BCUT2D eigenvalue weighted by Crippen LogP contribution is 2.31. The van der Waals surface area contributed by atoms with Crippen LogP contribution in [0.5, 0.6) is 0 Å². The quantitative estimate of drug-likeness (QED) is 0.935. The van der Waals surface area contributed by atoms with E-state index in [4.69, 9.17) is 0 Å². The number of hydrogen-bond acceptors (Lipinski definition) is 3. The Morgan fingerprint density at radius 2 is 2.04 bits per heavy atom. The van der Waals surface area contributed by atoms with Crippen molar-refractivity contribution >= 4 is 28.4 Å². The number of hydrogen-bond donors (Lipinski definition) is 1. The molecule has 1 aromatic carbocycles. The van der Waals surface area contributed by atoms with Crippen LogP contribution in [0.2, 0.25) is 0 Å². The molecule has 0 bridgehead atoms. The number of benzene rings is 1. The van der Waals surface area contributed by atoms with Gasteiger partial charge in [-0.15, -0.1) is 0 Å². The van der Waals surface area contributed by atoms with Gasteiger partial charge in [0, 0.05) is 30.6 Å². The fraction of sp³-hybridized carbons (Fsp3) is 0.450. The summed E-state index contributed by atoms with van der Waals surface area (Å²) in [4.78, 5) is 31.4. The molecule has 1 saturated heterocycles. The highest BCUT2D eigenvalue weighted by atomic mass is 16.2. The van der Waals surface area contributed by atoms with Crippen molar-refractivity contribution in [1.29, 1.82) is 0 Å². The first-order valence-corrected chi connectivity index (χ1v) is 9.08. The summed E-state index contributed by atoms with van der Waals surface area (Å²) in [7, 11) is 0. The summed E-state index contributed by atoms with van der Waals surface area (Å²) in [5, 5.41) is 3.97. The fourth-order valence-electron chi connectivity index (χ4n) is 4.13. The van der Waals surface area contributed by atoms with E-state index in [0.29, 0.717) is 19.0 Å². The number of nitrogens with zero attached hydrogens (tertiary/aromatic N) is 2. The van der Waals surface area contributed by atoms with Crippen LogP contribution in [0.3, 0.4) is 0 Å². The van der Waals surface area contributed by atoms with Gasteiger partial charge in [-0.05, 0) is 43.5 Å².